The lowest BCUT2D eigenvalue weighted by Crippen LogP contribution is -2.25. The Morgan fingerprint density at radius 3 is 2.62 bits per heavy atom. The molecule has 1 aromatic rings. The zero-order valence-electron chi connectivity index (χ0n) is 8.43. The lowest BCUT2D eigenvalue weighted by Gasteiger charge is -2.34. The van der Waals surface area contributed by atoms with Crippen molar-refractivity contribution >= 4 is 0 Å². The van der Waals surface area contributed by atoms with Crippen LogP contribution in [0.2, 0.25) is 0 Å². The van der Waals surface area contributed by atoms with Crippen molar-refractivity contribution in [3.8, 4) is 0 Å². The minimum Gasteiger partial charge on any atom is -0.0990 e. The van der Waals surface area contributed by atoms with Gasteiger partial charge < -0.3 is 0 Å². The average Bonchev–Trinajstić information content (AvgIpc) is 2.13. The maximum absolute atomic E-state index is 4.17. The molecule has 0 saturated carbocycles. The van der Waals surface area contributed by atoms with E-state index in [9.17, 15) is 0 Å². The van der Waals surface area contributed by atoms with Crippen LogP contribution in [-0.4, -0.2) is 0 Å². The summed E-state index contributed by atoms with van der Waals surface area (Å²) in [6.07, 6.45) is 2.31. The molecule has 0 unspecified atom stereocenters. The smallest absolute Gasteiger partial charge is 0.0105 e. The SMILES string of the molecule is C=C1CCc2ccccc2C1(C)C. The first kappa shape index (κ1) is 8.55. The molecular weight excluding hydrogens is 156 g/mol. The van der Waals surface area contributed by atoms with Crippen molar-refractivity contribution in [2.24, 2.45) is 0 Å². The molecule has 0 heterocycles. The van der Waals surface area contributed by atoms with Gasteiger partial charge in [0.1, 0.15) is 0 Å². The fourth-order valence-electron chi connectivity index (χ4n) is 2.14. The topological polar surface area (TPSA) is 0 Å². The molecule has 0 fully saturated rings. The fraction of sp³-hybridized carbons (Fsp3) is 0.385. The highest BCUT2D eigenvalue weighted by atomic mass is 14.3. The number of hydrogen-bond acceptors (Lipinski definition) is 0. The van der Waals surface area contributed by atoms with Crippen LogP contribution < -0.4 is 0 Å². The Morgan fingerprint density at radius 1 is 1.15 bits per heavy atom. The Morgan fingerprint density at radius 2 is 1.85 bits per heavy atom. The van der Waals surface area contributed by atoms with E-state index in [1.165, 1.54) is 23.1 Å². The summed E-state index contributed by atoms with van der Waals surface area (Å²) in [7, 11) is 0. The largest absolute Gasteiger partial charge is 0.0990 e. The molecular formula is C13H16. The summed E-state index contributed by atoms with van der Waals surface area (Å²) in [6, 6.07) is 8.73. The van der Waals surface area contributed by atoms with Gasteiger partial charge in [0.25, 0.3) is 0 Å². The highest BCUT2D eigenvalue weighted by Gasteiger charge is 2.29. The summed E-state index contributed by atoms with van der Waals surface area (Å²) in [5.41, 5.74) is 4.51. The third-order valence-electron chi connectivity index (χ3n) is 3.27. The van der Waals surface area contributed by atoms with E-state index in [0.29, 0.717) is 0 Å². The highest BCUT2D eigenvalue weighted by molar-refractivity contribution is 5.43. The molecule has 0 N–H and O–H groups in total. The van der Waals surface area contributed by atoms with Crippen molar-refractivity contribution in [2.45, 2.75) is 32.1 Å². The van der Waals surface area contributed by atoms with E-state index in [1.807, 2.05) is 0 Å². The highest BCUT2D eigenvalue weighted by Crippen LogP contribution is 2.39. The van der Waals surface area contributed by atoms with E-state index in [2.05, 4.69) is 44.7 Å². The van der Waals surface area contributed by atoms with E-state index in [1.54, 1.807) is 0 Å². The molecule has 13 heavy (non-hydrogen) atoms. The number of aryl methyl sites for hydroxylation is 1. The predicted octanol–water partition coefficient (Wildman–Crippen LogP) is 3.47. The molecule has 0 bridgehead atoms. The molecule has 0 aliphatic heterocycles. The number of benzene rings is 1. The van der Waals surface area contributed by atoms with E-state index in [4.69, 9.17) is 0 Å². The number of rotatable bonds is 0. The van der Waals surface area contributed by atoms with Crippen LogP contribution >= 0.6 is 0 Å². The first-order valence-corrected chi connectivity index (χ1v) is 4.89. The Balaban J connectivity index is 2.59. The van der Waals surface area contributed by atoms with Gasteiger partial charge in [-0.15, -0.1) is 0 Å². The van der Waals surface area contributed by atoms with Crippen LogP contribution in [-0.2, 0) is 11.8 Å². The predicted molar refractivity (Wildman–Crippen MR) is 56.9 cm³/mol. The van der Waals surface area contributed by atoms with Crippen LogP contribution in [0.4, 0.5) is 0 Å². The summed E-state index contributed by atoms with van der Waals surface area (Å²) < 4.78 is 0. The molecule has 0 aromatic heterocycles. The van der Waals surface area contributed by atoms with E-state index in [-0.39, 0.29) is 5.41 Å². The molecule has 0 amide bonds. The van der Waals surface area contributed by atoms with Crippen LogP contribution in [0.25, 0.3) is 0 Å². The lowest BCUT2D eigenvalue weighted by molar-refractivity contribution is 0.559. The Hall–Kier alpha value is -1.04. The van der Waals surface area contributed by atoms with Crippen molar-refractivity contribution in [1.82, 2.24) is 0 Å². The molecule has 1 aromatic carbocycles. The second-order valence-corrected chi connectivity index (χ2v) is 4.39. The van der Waals surface area contributed by atoms with Crippen molar-refractivity contribution in [3.05, 3.63) is 47.5 Å². The molecule has 0 heteroatoms. The van der Waals surface area contributed by atoms with Gasteiger partial charge in [0.15, 0.2) is 0 Å². The number of fused-ring (bicyclic) bond motifs is 1. The molecule has 0 nitrogen and oxygen atoms in total. The third kappa shape index (κ3) is 1.21. The van der Waals surface area contributed by atoms with Gasteiger partial charge >= 0.3 is 0 Å². The monoisotopic (exact) mass is 172 g/mol. The quantitative estimate of drug-likeness (QED) is 0.526. The first-order chi connectivity index (χ1) is 6.12. The lowest BCUT2D eigenvalue weighted by atomic mass is 9.70. The summed E-state index contributed by atoms with van der Waals surface area (Å²) in [6.45, 7) is 8.71. The van der Waals surface area contributed by atoms with Gasteiger partial charge in [0.2, 0.25) is 0 Å². The van der Waals surface area contributed by atoms with Crippen LogP contribution in [0.5, 0.6) is 0 Å². The number of allylic oxidation sites excluding steroid dienone is 1. The van der Waals surface area contributed by atoms with Gasteiger partial charge in [0.05, 0.1) is 0 Å². The van der Waals surface area contributed by atoms with E-state index >= 15 is 0 Å². The number of hydrogen-bond donors (Lipinski definition) is 0. The third-order valence-corrected chi connectivity index (χ3v) is 3.27. The average molecular weight is 172 g/mol. The Bertz CT molecular complexity index is 345. The zero-order chi connectivity index (χ0) is 9.47. The maximum Gasteiger partial charge on any atom is 0.0105 e. The van der Waals surface area contributed by atoms with Gasteiger partial charge in [-0.1, -0.05) is 50.3 Å². The second-order valence-electron chi connectivity index (χ2n) is 4.39. The van der Waals surface area contributed by atoms with Gasteiger partial charge in [0, 0.05) is 5.41 Å². The summed E-state index contributed by atoms with van der Waals surface area (Å²) in [5, 5.41) is 0. The minimum atomic E-state index is 0.175. The Kier molecular flexibility index (Phi) is 1.80. The summed E-state index contributed by atoms with van der Waals surface area (Å²) in [4.78, 5) is 0. The van der Waals surface area contributed by atoms with Crippen molar-refractivity contribution in [3.63, 3.8) is 0 Å². The Labute approximate surface area is 80.3 Å². The molecule has 0 atom stereocenters. The second kappa shape index (κ2) is 2.73. The van der Waals surface area contributed by atoms with Gasteiger partial charge in [-0.05, 0) is 24.0 Å². The van der Waals surface area contributed by atoms with Crippen LogP contribution in [0.3, 0.4) is 0 Å². The van der Waals surface area contributed by atoms with Crippen molar-refractivity contribution in [2.75, 3.05) is 0 Å². The van der Waals surface area contributed by atoms with Crippen molar-refractivity contribution in [1.29, 1.82) is 0 Å². The molecule has 1 aliphatic carbocycles. The normalized spacial score (nSPS) is 19.7. The van der Waals surface area contributed by atoms with Crippen molar-refractivity contribution < 1.29 is 0 Å². The maximum atomic E-state index is 4.17. The standard InChI is InChI=1S/C13H16/c1-10-8-9-11-6-4-5-7-12(11)13(10,2)3/h4-7H,1,8-9H2,2-3H3. The van der Waals surface area contributed by atoms with Gasteiger partial charge in [-0.2, -0.15) is 0 Å². The first-order valence-electron chi connectivity index (χ1n) is 4.89. The molecule has 2 rings (SSSR count). The zero-order valence-corrected chi connectivity index (χ0v) is 8.43. The molecule has 68 valence electrons. The molecule has 1 aliphatic rings. The molecule has 0 saturated heterocycles. The van der Waals surface area contributed by atoms with Crippen LogP contribution in [0, 0.1) is 0 Å². The summed E-state index contributed by atoms with van der Waals surface area (Å²) in [5.74, 6) is 0. The van der Waals surface area contributed by atoms with E-state index < -0.39 is 0 Å². The molecule has 0 radical (unpaired) electrons. The minimum absolute atomic E-state index is 0.175. The van der Waals surface area contributed by atoms with Crippen LogP contribution in [0.15, 0.2) is 36.4 Å². The fourth-order valence-corrected chi connectivity index (χ4v) is 2.14. The van der Waals surface area contributed by atoms with E-state index in [0.717, 1.165) is 6.42 Å². The van der Waals surface area contributed by atoms with Gasteiger partial charge in [-0.3, -0.25) is 0 Å². The van der Waals surface area contributed by atoms with Gasteiger partial charge in [-0.25, -0.2) is 0 Å². The molecule has 0 spiro atoms. The summed E-state index contributed by atoms with van der Waals surface area (Å²) >= 11 is 0. The van der Waals surface area contributed by atoms with Crippen LogP contribution in [0.1, 0.15) is 31.4 Å².